The SMILES string of the molecule is O=S(=O)(N[C@@H]1C[C@H]2CC[C@H]1C2)c1ccc(Br)cc1. The van der Waals surface area contributed by atoms with E-state index in [2.05, 4.69) is 20.7 Å². The summed E-state index contributed by atoms with van der Waals surface area (Å²) in [5.41, 5.74) is 0. The number of benzene rings is 1. The van der Waals surface area contributed by atoms with Crippen molar-refractivity contribution >= 4 is 26.0 Å². The Morgan fingerprint density at radius 1 is 1.11 bits per heavy atom. The molecule has 0 spiro atoms. The summed E-state index contributed by atoms with van der Waals surface area (Å²) in [6.45, 7) is 0. The Kier molecular flexibility index (Phi) is 3.24. The van der Waals surface area contributed by atoms with Gasteiger partial charge in [0.2, 0.25) is 10.0 Å². The van der Waals surface area contributed by atoms with E-state index < -0.39 is 10.0 Å². The summed E-state index contributed by atoms with van der Waals surface area (Å²) in [6, 6.07) is 6.95. The lowest BCUT2D eigenvalue weighted by Gasteiger charge is -2.22. The van der Waals surface area contributed by atoms with Crippen LogP contribution in [0.3, 0.4) is 0 Å². The fourth-order valence-corrected chi connectivity index (χ4v) is 4.85. The van der Waals surface area contributed by atoms with Gasteiger partial charge in [-0.2, -0.15) is 0 Å². The van der Waals surface area contributed by atoms with Crippen molar-refractivity contribution in [2.24, 2.45) is 11.8 Å². The van der Waals surface area contributed by atoms with Crippen LogP contribution in [0.5, 0.6) is 0 Å². The zero-order valence-electron chi connectivity index (χ0n) is 9.97. The summed E-state index contributed by atoms with van der Waals surface area (Å²) in [5, 5.41) is 0. The van der Waals surface area contributed by atoms with Gasteiger partial charge in [-0.05, 0) is 55.4 Å². The van der Waals surface area contributed by atoms with Gasteiger partial charge in [-0.1, -0.05) is 22.4 Å². The number of rotatable bonds is 3. The molecule has 3 atom stereocenters. The minimum Gasteiger partial charge on any atom is -0.208 e. The maximum atomic E-state index is 12.2. The van der Waals surface area contributed by atoms with E-state index in [0.29, 0.717) is 10.8 Å². The fraction of sp³-hybridized carbons (Fsp3) is 0.538. The highest BCUT2D eigenvalue weighted by atomic mass is 79.9. The smallest absolute Gasteiger partial charge is 0.208 e. The van der Waals surface area contributed by atoms with Crippen molar-refractivity contribution in [1.82, 2.24) is 4.72 Å². The molecular formula is C13H16BrNO2S. The minimum absolute atomic E-state index is 0.150. The lowest BCUT2D eigenvalue weighted by Crippen LogP contribution is -2.38. The van der Waals surface area contributed by atoms with Gasteiger partial charge in [0.15, 0.2) is 0 Å². The molecule has 0 aliphatic heterocycles. The molecule has 5 heteroatoms. The first-order valence-electron chi connectivity index (χ1n) is 6.32. The van der Waals surface area contributed by atoms with Crippen molar-refractivity contribution < 1.29 is 8.42 Å². The zero-order valence-corrected chi connectivity index (χ0v) is 12.4. The second-order valence-corrected chi connectivity index (χ2v) is 7.99. The third-order valence-electron chi connectivity index (χ3n) is 4.17. The molecule has 2 bridgehead atoms. The number of halogens is 1. The first-order valence-corrected chi connectivity index (χ1v) is 8.60. The van der Waals surface area contributed by atoms with Gasteiger partial charge in [0.05, 0.1) is 4.90 Å². The average molecular weight is 330 g/mol. The van der Waals surface area contributed by atoms with Crippen LogP contribution in [0.4, 0.5) is 0 Å². The van der Waals surface area contributed by atoms with Gasteiger partial charge in [-0.15, -0.1) is 0 Å². The van der Waals surface area contributed by atoms with Crippen LogP contribution in [-0.4, -0.2) is 14.5 Å². The molecule has 0 saturated heterocycles. The molecule has 2 aliphatic rings. The van der Waals surface area contributed by atoms with Crippen LogP contribution >= 0.6 is 15.9 Å². The van der Waals surface area contributed by atoms with E-state index >= 15 is 0 Å². The second kappa shape index (κ2) is 4.62. The minimum atomic E-state index is -3.35. The number of hydrogen-bond donors (Lipinski definition) is 1. The predicted molar refractivity (Wildman–Crippen MR) is 73.7 cm³/mol. The van der Waals surface area contributed by atoms with Crippen LogP contribution in [0.25, 0.3) is 0 Å². The van der Waals surface area contributed by atoms with Crippen molar-refractivity contribution in [3.05, 3.63) is 28.7 Å². The van der Waals surface area contributed by atoms with E-state index in [-0.39, 0.29) is 6.04 Å². The van der Waals surface area contributed by atoms with E-state index in [1.54, 1.807) is 24.3 Å². The Morgan fingerprint density at radius 3 is 2.39 bits per heavy atom. The third-order valence-corrected chi connectivity index (χ3v) is 6.20. The second-order valence-electron chi connectivity index (χ2n) is 5.36. The van der Waals surface area contributed by atoms with Crippen LogP contribution < -0.4 is 4.72 Å². The largest absolute Gasteiger partial charge is 0.240 e. The van der Waals surface area contributed by atoms with E-state index in [1.165, 1.54) is 19.3 Å². The fourth-order valence-electron chi connectivity index (χ4n) is 3.27. The highest BCUT2D eigenvalue weighted by molar-refractivity contribution is 9.10. The number of nitrogens with one attached hydrogen (secondary N) is 1. The van der Waals surface area contributed by atoms with Crippen LogP contribution in [0, 0.1) is 11.8 Å². The number of sulfonamides is 1. The first kappa shape index (κ1) is 12.6. The maximum absolute atomic E-state index is 12.2. The van der Waals surface area contributed by atoms with Crippen LogP contribution in [0.15, 0.2) is 33.6 Å². The Bertz CT molecular complexity index is 541. The molecule has 1 N–H and O–H groups in total. The average Bonchev–Trinajstić information content (AvgIpc) is 2.91. The predicted octanol–water partition coefficient (Wildman–Crippen LogP) is 2.92. The zero-order chi connectivity index (χ0) is 12.8. The molecule has 18 heavy (non-hydrogen) atoms. The molecule has 2 aliphatic carbocycles. The Labute approximate surface area is 116 Å². The van der Waals surface area contributed by atoms with E-state index in [4.69, 9.17) is 0 Å². The van der Waals surface area contributed by atoms with Crippen molar-refractivity contribution in [3.63, 3.8) is 0 Å². The highest BCUT2D eigenvalue weighted by Crippen LogP contribution is 2.44. The van der Waals surface area contributed by atoms with Crippen molar-refractivity contribution in [1.29, 1.82) is 0 Å². The summed E-state index contributed by atoms with van der Waals surface area (Å²) in [7, 11) is -3.35. The highest BCUT2D eigenvalue weighted by Gasteiger charge is 2.41. The van der Waals surface area contributed by atoms with Crippen molar-refractivity contribution in [2.75, 3.05) is 0 Å². The third kappa shape index (κ3) is 2.36. The molecule has 98 valence electrons. The van der Waals surface area contributed by atoms with Gasteiger partial charge in [0.1, 0.15) is 0 Å². The summed E-state index contributed by atoms with van der Waals surface area (Å²) in [5.74, 6) is 1.30. The van der Waals surface area contributed by atoms with Gasteiger partial charge in [0.25, 0.3) is 0 Å². The molecule has 3 rings (SSSR count). The topological polar surface area (TPSA) is 46.2 Å². The summed E-state index contributed by atoms with van der Waals surface area (Å²) in [6.07, 6.45) is 4.67. The van der Waals surface area contributed by atoms with E-state index in [1.807, 2.05) is 0 Å². The van der Waals surface area contributed by atoms with Gasteiger partial charge in [-0.25, -0.2) is 13.1 Å². The lowest BCUT2D eigenvalue weighted by molar-refractivity contribution is 0.390. The molecule has 0 amide bonds. The molecule has 0 unspecified atom stereocenters. The molecule has 0 aromatic heterocycles. The Balaban J connectivity index is 1.77. The summed E-state index contributed by atoms with van der Waals surface area (Å²) in [4.78, 5) is 0.355. The first-order chi connectivity index (χ1) is 8.54. The molecule has 1 aromatic rings. The summed E-state index contributed by atoms with van der Waals surface area (Å²) < 4.78 is 28.3. The molecular weight excluding hydrogens is 314 g/mol. The van der Waals surface area contributed by atoms with Gasteiger partial charge in [-0.3, -0.25) is 0 Å². The molecule has 2 saturated carbocycles. The molecule has 0 heterocycles. The van der Waals surface area contributed by atoms with Gasteiger partial charge in [0, 0.05) is 10.5 Å². The standard InChI is InChI=1S/C13H16BrNO2S/c14-11-3-5-12(6-4-11)18(16,17)15-13-8-9-1-2-10(13)7-9/h3-6,9-10,13,15H,1-2,7-8H2/t9-,10-,13+/m0/s1. The summed E-state index contributed by atoms with van der Waals surface area (Å²) >= 11 is 3.31. The normalized spacial score (nSPS) is 30.8. The van der Waals surface area contributed by atoms with E-state index in [0.717, 1.165) is 16.8 Å². The monoisotopic (exact) mass is 329 g/mol. The number of fused-ring (bicyclic) bond motifs is 2. The van der Waals surface area contributed by atoms with Gasteiger partial charge >= 0.3 is 0 Å². The molecule has 3 nitrogen and oxygen atoms in total. The van der Waals surface area contributed by atoms with Crippen LogP contribution in [0.1, 0.15) is 25.7 Å². The van der Waals surface area contributed by atoms with Crippen LogP contribution in [-0.2, 0) is 10.0 Å². The molecule has 1 aromatic carbocycles. The van der Waals surface area contributed by atoms with E-state index in [9.17, 15) is 8.42 Å². The molecule has 0 radical (unpaired) electrons. The van der Waals surface area contributed by atoms with Crippen molar-refractivity contribution in [2.45, 2.75) is 36.6 Å². The molecule has 2 fully saturated rings. The Morgan fingerprint density at radius 2 is 1.83 bits per heavy atom. The lowest BCUT2D eigenvalue weighted by atomic mass is 9.96. The van der Waals surface area contributed by atoms with Crippen LogP contribution in [0.2, 0.25) is 0 Å². The van der Waals surface area contributed by atoms with Gasteiger partial charge < -0.3 is 0 Å². The maximum Gasteiger partial charge on any atom is 0.240 e. The quantitative estimate of drug-likeness (QED) is 0.926. The Hall–Kier alpha value is -0.390. The number of hydrogen-bond acceptors (Lipinski definition) is 2. The van der Waals surface area contributed by atoms with Crippen molar-refractivity contribution in [3.8, 4) is 0 Å².